The van der Waals surface area contributed by atoms with E-state index in [9.17, 15) is 9.59 Å². The molecule has 0 spiro atoms. The Hall–Kier alpha value is -1.10. The second-order valence-corrected chi connectivity index (χ2v) is 5.75. The number of carbonyl (C=O) groups excluding carboxylic acids is 2. The molecule has 0 saturated carbocycles. The first-order chi connectivity index (χ1) is 9.51. The molecular weight excluding hydrogens is 256 g/mol. The first-order valence-corrected chi connectivity index (χ1v) is 7.69. The Kier molecular flexibility index (Phi) is 6.99. The number of ether oxygens (including phenoxy) is 1. The van der Waals surface area contributed by atoms with E-state index in [-0.39, 0.29) is 23.9 Å². The molecule has 116 valence electrons. The third kappa shape index (κ3) is 4.47. The van der Waals surface area contributed by atoms with Crippen molar-refractivity contribution in [1.29, 1.82) is 0 Å². The molecule has 20 heavy (non-hydrogen) atoms. The number of amides is 2. The Morgan fingerprint density at radius 3 is 2.50 bits per heavy atom. The van der Waals surface area contributed by atoms with E-state index in [2.05, 4.69) is 19.2 Å². The van der Waals surface area contributed by atoms with Crippen LogP contribution in [-0.4, -0.2) is 48.6 Å². The first-order valence-electron chi connectivity index (χ1n) is 7.69. The Morgan fingerprint density at radius 2 is 1.95 bits per heavy atom. The van der Waals surface area contributed by atoms with E-state index in [1.807, 2.05) is 13.8 Å². The Labute approximate surface area is 122 Å². The molecule has 2 atom stereocenters. The lowest BCUT2D eigenvalue weighted by Crippen LogP contribution is -2.63. The summed E-state index contributed by atoms with van der Waals surface area (Å²) in [5.74, 6) is 0.537. The summed E-state index contributed by atoms with van der Waals surface area (Å²) in [6, 6.07) is -0.683. The first kappa shape index (κ1) is 17.0. The summed E-state index contributed by atoms with van der Waals surface area (Å²) in [4.78, 5) is 26.0. The highest BCUT2D eigenvalue weighted by atomic mass is 16.5. The maximum absolute atomic E-state index is 12.3. The van der Waals surface area contributed by atoms with E-state index in [0.717, 1.165) is 13.0 Å². The van der Waals surface area contributed by atoms with Gasteiger partial charge in [0.25, 0.3) is 0 Å². The molecule has 0 aliphatic carbocycles. The lowest BCUT2D eigenvalue weighted by molar-refractivity contribution is -0.149. The third-order valence-electron chi connectivity index (χ3n) is 3.51. The number of hydrogen-bond donors (Lipinski definition) is 1. The molecule has 0 radical (unpaired) electrons. The van der Waals surface area contributed by atoms with Crippen LogP contribution in [0.2, 0.25) is 0 Å². The molecule has 1 aliphatic rings. The molecule has 0 aromatic heterocycles. The quantitative estimate of drug-likeness (QED) is 0.688. The molecule has 0 aromatic rings. The molecule has 1 saturated heterocycles. The lowest BCUT2D eigenvalue weighted by Gasteiger charge is -2.38. The second-order valence-electron chi connectivity index (χ2n) is 5.75. The molecule has 1 N–H and O–H groups in total. The van der Waals surface area contributed by atoms with Gasteiger partial charge in [-0.3, -0.25) is 9.59 Å². The van der Waals surface area contributed by atoms with Crippen molar-refractivity contribution in [2.45, 2.75) is 59.0 Å². The zero-order valence-corrected chi connectivity index (χ0v) is 13.1. The van der Waals surface area contributed by atoms with Gasteiger partial charge in [-0.25, -0.2) is 0 Å². The fraction of sp³-hybridized carbons (Fsp3) is 0.867. The molecule has 5 nitrogen and oxygen atoms in total. The summed E-state index contributed by atoms with van der Waals surface area (Å²) in [5, 5.41) is 2.80. The molecule has 0 bridgehead atoms. The number of piperazine rings is 1. The number of carbonyl (C=O) groups is 2. The minimum Gasteiger partial charge on any atom is -0.381 e. The lowest BCUT2D eigenvalue weighted by atomic mass is 10.0. The maximum atomic E-state index is 12.3. The third-order valence-corrected chi connectivity index (χ3v) is 3.51. The van der Waals surface area contributed by atoms with Crippen LogP contribution in [0.3, 0.4) is 0 Å². The molecule has 1 fully saturated rings. The zero-order chi connectivity index (χ0) is 15.1. The average molecular weight is 284 g/mol. The summed E-state index contributed by atoms with van der Waals surface area (Å²) in [6.07, 6.45) is 2.07. The minimum absolute atomic E-state index is 0.0259. The van der Waals surface area contributed by atoms with Crippen LogP contribution in [0.4, 0.5) is 0 Å². The van der Waals surface area contributed by atoms with Gasteiger partial charge in [0, 0.05) is 19.8 Å². The van der Waals surface area contributed by atoms with Gasteiger partial charge in [-0.05, 0) is 25.2 Å². The van der Waals surface area contributed by atoms with Crippen molar-refractivity contribution >= 4 is 11.8 Å². The van der Waals surface area contributed by atoms with Crippen LogP contribution in [0.15, 0.2) is 0 Å². The van der Waals surface area contributed by atoms with Crippen LogP contribution >= 0.6 is 0 Å². The van der Waals surface area contributed by atoms with Gasteiger partial charge in [0.05, 0.1) is 0 Å². The average Bonchev–Trinajstić information content (AvgIpc) is 2.41. The van der Waals surface area contributed by atoms with Crippen molar-refractivity contribution in [3.05, 3.63) is 0 Å². The van der Waals surface area contributed by atoms with Crippen molar-refractivity contribution < 1.29 is 14.3 Å². The van der Waals surface area contributed by atoms with E-state index < -0.39 is 0 Å². The van der Waals surface area contributed by atoms with Gasteiger partial charge in [-0.2, -0.15) is 0 Å². The van der Waals surface area contributed by atoms with Crippen LogP contribution in [0.25, 0.3) is 0 Å². The number of nitrogens with one attached hydrogen (secondary N) is 1. The summed E-state index contributed by atoms with van der Waals surface area (Å²) in [5.41, 5.74) is 0. The van der Waals surface area contributed by atoms with Crippen LogP contribution in [-0.2, 0) is 14.3 Å². The van der Waals surface area contributed by atoms with Crippen LogP contribution < -0.4 is 5.32 Å². The largest absolute Gasteiger partial charge is 0.381 e. The monoisotopic (exact) mass is 284 g/mol. The van der Waals surface area contributed by atoms with E-state index in [1.165, 1.54) is 0 Å². The fourth-order valence-corrected chi connectivity index (χ4v) is 2.43. The van der Waals surface area contributed by atoms with Gasteiger partial charge in [0.15, 0.2) is 0 Å². The summed E-state index contributed by atoms with van der Waals surface area (Å²) in [7, 11) is 0. The van der Waals surface area contributed by atoms with Crippen LogP contribution in [0.5, 0.6) is 0 Å². The van der Waals surface area contributed by atoms with Crippen molar-refractivity contribution in [3.63, 3.8) is 0 Å². The van der Waals surface area contributed by atoms with E-state index >= 15 is 0 Å². The van der Waals surface area contributed by atoms with Gasteiger partial charge in [0.1, 0.15) is 12.1 Å². The van der Waals surface area contributed by atoms with Crippen molar-refractivity contribution in [3.8, 4) is 0 Å². The normalized spacial score (nSPS) is 23.4. The van der Waals surface area contributed by atoms with E-state index in [0.29, 0.717) is 31.9 Å². The highest BCUT2D eigenvalue weighted by Crippen LogP contribution is 2.15. The Balaban J connectivity index is 2.49. The molecule has 0 aromatic carbocycles. The van der Waals surface area contributed by atoms with Gasteiger partial charge in [0.2, 0.25) is 11.8 Å². The zero-order valence-electron chi connectivity index (χ0n) is 13.1. The van der Waals surface area contributed by atoms with Gasteiger partial charge in [-0.15, -0.1) is 0 Å². The Morgan fingerprint density at radius 1 is 1.25 bits per heavy atom. The topological polar surface area (TPSA) is 58.6 Å². The molecule has 1 aliphatic heterocycles. The van der Waals surface area contributed by atoms with Crippen molar-refractivity contribution in [2.75, 3.05) is 19.8 Å². The number of hydrogen-bond acceptors (Lipinski definition) is 3. The second kappa shape index (κ2) is 8.25. The predicted octanol–water partition coefficient (Wildman–Crippen LogP) is 1.56. The number of nitrogens with zero attached hydrogens (tertiary/aromatic N) is 1. The smallest absolute Gasteiger partial charge is 0.245 e. The van der Waals surface area contributed by atoms with Crippen LogP contribution in [0, 0.1) is 5.92 Å². The summed E-state index contributed by atoms with van der Waals surface area (Å²) in [6.45, 7) is 10.0. The predicted molar refractivity (Wildman–Crippen MR) is 78.3 cm³/mol. The molecule has 2 amide bonds. The van der Waals surface area contributed by atoms with E-state index in [4.69, 9.17) is 4.74 Å². The molecule has 5 heteroatoms. The van der Waals surface area contributed by atoms with Gasteiger partial charge >= 0.3 is 0 Å². The molecule has 1 rings (SSSR count). The highest BCUT2D eigenvalue weighted by molar-refractivity contribution is 5.96. The fourth-order valence-electron chi connectivity index (χ4n) is 2.43. The van der Waals surface area contributed by atoms with Gasteiger partial charge < -0.3 is 15.0 Å². The molecular formula is C15H28N2O3. The summed E-state index contributed by atoms with van der Waals surface area (Å²) >= 11 is 0. The van der Waals surface area contributed by atoms with E-state index in [1.54, 1.807) is 4.90 Å². The maximum Gasteiger partial charge on any atom is 0.245 e. The number of rotatable bonds is 8. The molecule has 2 unspecified atom stereocenters. The highest BCUT2D eigenvalue weighted by Gasteiger charge is 2.38. The minimum atomic E-state index is -0.359. The van der Waals surface area contributed by atoms with Crippen molar-refractivity contribution in [2.24, 2.45) is 5.92 Å². The van der Waals surface area contributed by atoms with Crippen LogP contribution in [0.1, 0.15) is 47.0 Å². The standard InChI is InChI=1S/C15H28N2O3/c1-5-12-15(19)17(13(6-2)14(18)16-12)8-7-9-20-10-11(3)4/h11-13H,5-10H2,1-4H3,(H,16,18). The Bertz CT molecular complexity index is 331. The summed E-state index contributed by atoms with van der Waals surface area (Å²) < 4.78 is 5.53. The van der Waals surface area contributed by atoms with Gasteiger partial charge in [-0.1, -0.05) is 27.7 Å². The molecule has 1 heterocycles. The van der Waals surface area contributed by atoms with Crippen molar-refractivity contribution in [1.82, 2.24) is 10.2 Å². The SMILES string of the molecule is CCC1NC(=O)C(CC)N(CCCOCC(C)C)C1=O.